The molecule has 0 spiro atoms. The summed E-state index contributed by atoms with van der Waals surface area (Å²) in [6, 6.07) is 61.9. The zero-order valence-corrected chi connectivity index (χ0v) is 28.0. The molecule has 0 atom stereocenters. The average Bonchev–Trinajstić information content (AvgIpc) is 3.76. The molecule has 8 aromatic carbocycles. The first-order valence-electron chi connectivity index (χ1n) is 17.6. The van der Waals surface area contributed by atoms with Gasteiger partial charge in [0.1, 0.15) is 11.2 Å². The van der Waals surface area contributed by atoms with Crippen molar-refractivity contribution in [2.45, 2.75) is 0 Å². The first-order chi connectivity index (χ1) is 25.8. The first kappa shape index (κ1) is 28.8. The molecule has 0 N–H and O–H groups in total. The van der Waals surface area contributed by atoms with Gasteiger partial charge in [-0.3, -0.25) is 0 Å². The van der Waals surface area contributed by atoms with Gasteiger partial charge in [0.2, 0.25) is 0 Å². The van der Waals surface area contributed by atoms with E-state index in [4.69, 9.17) is 14.4 Å². The highest BCUT2D eigenvalue weighted by Crippen LogP contribution is 2.43. The fraction of sp³-hybridized carbons (Fsp3) is 0. The van der Waals surface area contributed by atoms with Gasteiger partial charge in [-0.1, -0.05) is 121 Å². The largest absolute Gasteiger partial charge is 0.455 e. The van der Waals surface area contributed by atoms with Gasteiger partial charge in [-0.05, 0) is 76.5 Å². The van der Waals surface area contributed by atoms with Crippen LogP contribution in [0.2, 0.25) is 0 Å². The summed E-state index contributed by atoms with van der Waals surface area (Å²) in [5.74, 6) is 0.646. The highest BCUT2D eigenvalue weighted by atomic mass is 16.3. The number of hydrogen-bond donors (Lipinski definition) is 0. The summed E-state index contributed by atoms with van der Waals surface area (Å²) < 4.78 is 9.25. The molecule has 242 valence electrons. The van der Waals surface area contributed by atoms with Gasteiger partial charge in [-0.2, -0.15) is 0 Å². The number of nitrogens with zero attached hydrogens (tertiary/aromatic N) is 3. The predicted octanol–water partition coefficient (Wildman–Crippen LogP) is 12.8. The number of aromatic nitrogens is 3. The van der Waals surface area contributed by atoms with Crippen LogP contribution in [0.25, 0.3) is 105 Å². The Bertz CT molecular complexity index is 3180. The Morgan fingerprint density at radius 2 is 1.12 bits per heavy atom. The molecule has 0 bridgehead atoms. The Labute approximate surface area is 298 Å². The molecule has 0 amide bonds. The van der Waals surface area contributed by atoms with E-state index >= 15 is 0 Å². The third-order valence-electron chi connectivity index (χ3n) is 10.4. The highest BCUT2D eigenvalue weighted by Gasteiger charge is 2.21. The van der Waals surface area contributed by atoms with Crippen molar-refractivity contribution < 1.29 is 4.42 Å². The van der Waals surface area contributed by atoms with Crippen molar-refractivity contribution >= 4 is 65.4 Å². The summed E-state index contributed by atoms with van der Waals surface area (Å²) in [6.07, 6.45) is 0. The zero-order chi connectivity index (χ0) is 34.2. The Kier molecular flexibility index (Phi) is 6.22. The van der Waals surface area contributed by atoms with Gasteiger partial charge in [0.15, 0.2) is 5.82 Å². The minimum absolute atomic E-state index is 0.646. The van der Waals surface area contributed by atoms with Crippen LogP contribution in [0.15, 0.2) is 180 Å². The summed E-state index contributed by atoms with van der Waals surface area (Å²) in [5, 5.41) is 7.89. The Balaban J connectivity index is 1.13. The number of furan rings is 1. The number of para-hydroxylation sites is 3. The third kappa shape index (κ3) is 4.34. The van der Waals surface area contributed by atoms with Crippen LogP contribution >= 0.6 is 0 Å². The molecule has 52 heavy (non-hydrogen) atoms. The maximum absolute atomic E-state index is 6.90. The molecule has 0 aliphatic carbocycles. The van der Waals surface area contributed by atoms with E-state index in [9.17, 15) is 0 Å². The molecule has 11 rings (SSSR count). The van der Waals surface area contributed by atoms with E-state index in [1.807, 2.05) is 18.2 Å². The maximum atomic E-state index is 6.90. The van der Waals surface area contributed by atoms with Crippen LogP contribution in [0.3, 0.4) is 0 Å². The fourth-order valence-electron chi connectivity index (χ4n) is 7.99. The second-order valence-electron chi connectivity index (χ2n) is 13.4. The van der Waals surface area contributed by atoms with Gasteiger partial charge in [-0.15, -0.1) is 0 Å². The van der Waals surface area contributed by atoms with E-state index in [2.05, 4.69) is 162 Å². The molecule has 0 radical (unpaired) electrons. The number of benzene rings is 8. The van der Waals surface area contributed by atoms with Crippen LogP contribution in [-0.4, -0.2) is 14.5 Å². The van der Waals surface area contributed by atoms with Crippen LogP contribution in [0.5, 0.6) is 0 Å². The van der Waals surface area contributed by atoms with Crippen molar-refractivity contribution in [1.29, 1.82) is 0 Å². The Morgan fingerprint density at radius 3 is 1.98 bits per heavy atom. The van der Waals surface area contributed by atoms with Crippen LogP contribution in [0.1, 0.15) is 0 Å². The standard InChI is InChI=1S/C48H29N3O/c1-3-13-30(14-4-1)46-37-20-9-11-21-41(37)49-48(50-46)40-28-33-15-7-8-18-35(33)45-38-25-23-32(29-44(38)52-47(40)45)31-24-26-43-39(27-31)36-19-10-12-22-42(36)51(43)34-16-5-2-6-17-34/h1-29H. The lowest BCUT2D eigenvalue weighted by Crippen LogP contribution is -1.95. The minimum Gasteiger partial charge on any atom is -0.455 e. The molecule has 0 unspecified atom stereocenters. The van der Waals surface area contributed by atoms with Gasteiger partial charge in [0.05, 0.1) is 27.8 Å². The van der Waals surface area contributed by atoms with E-state index < -0.39 is 0 Å². The molecule has 0 saturated heterocycles. The van der Waals surface area contributed by atoms with Crippen LogP contribution in [0.4, 0.5) is 0 Å². The molecular formula is C48H29N3O. The molecule has 4 heteroatoms. The van der Waals surface area contributed by atoms with E-state index in [0.717, 1.165) is 77.2 Å². The second-order valence-corrected chi connectivity index (χ2v) is 13.4. The van der Waals surface area contributed by atoms with Gasteiger partial charge < -0.3 is 8.98 Å². The predicted molar refractivity (Wildman–Crippen MR) is 215 cm³/mol. The average molecular weight is 664 g/mol. The summed E-state index contributed by atoms with van der Waals surface area (Å²) in [6.45, 7) is 0. The van der Waals surface area contributed by atoms with Crippen LogP contribution < -0.4 is 0 Å². The van der Waals surface area contributed by atoms with Crippen molar-refractivity contribution in [2.24, 2.45) is 0 Å². The SMILES string of the molecule is c1ccc(-c2nc(-c3cc4ccccc4c4c3oc3cc(-c5ccc6c(c5)c5ccccc5n6-c5ccccc5)ccc34)nc3ccccc23)cc1. The van der Waals surface area contributed by atoms with Crippen molar-refractivity contribution in [2.75, 3.05) is 0 Å². The first-order valence-corrected chi connectivity index (χ1v) is 17.6. The molecule has 3 heterocycles. The fourth-order valence-corrected chi connectivity index (χ4v) is 7.99. The van der Waals surface area contributed by atoms with Crippen molar-refractivity contribution in [3.05, 3.63) is 176 Å². The Hall–Kier alpha value is -7.04. The summed E-state index contributed by atoms with van der Waals surface area (Å²) >= 11 is 0. The quantitative estimate of drug-likeness (QED) is 0.188. The third-order valence-corrected chi connectivity index (χ3v) is 10.4. The van der Waals surface area contributed by atoms with Crippen molar-refractivity contribution in [1.82, 2.24) is 14.5 Å². The van der Waals surface area contributed by atoms with Crippen LogP contribution in [0, 0.1) is 0 Å². The molecule has 11 aromatic rings. The number of fused-ring (bicyclic) bond motifs is 9. The summed E-state index contributed by atoms with van der Waals surface area (Å²) in [4.78, 5) is 10.4. The van der Waals surface area contributed by atoms with E-state index in [1.54, 1.807) is 0 Å². The van der Waals surface area contributed by atoms with Gasteiger partial charge in [0, 0.05) is 38.2 Å². The van der Waals surface area contributed by atoms with Crippen molar-refractivity contribution in [3.63, 3.8) is 0 Å². The molecule has 0 aliphatic heterocycles. The smallest absolute Gasteiger partial charge is 0.164 e. The maximum Gasteiger partial charge on any atom is 0.164 e. The molecule has 3 aromatic heterocycles. The second kappa shape index (κ2) is 11.2. The monoisotopic (exact) mass is 663 g/mol. The Morgan fingerprint density at radius 1 is 0.442 bits per heavy atom. The number of rotatable bonds is 4. The summed E-state index contributed by atoms with van der Waals surface area (Å²) in [7, 11) is 0. The summed E-state index contributed by atoms with van der Waals surface area (Å²) in [5.41, 5.74) is 11.1. The molecule has 0 aliphatic rings. The van der Waals surface area contributed by atoms with Crippen molar-refractivity contribution in [3.8, 4) is 39.5 Å². The minimum atomic E-state index is 0.646. The highest BCUT2D eigenvalue weighted by molar-refractivity contribution is 6.22. The van der Waals surface area contributed by atoms with Crippen LogP contribution in [-0.2, 0) is 0 Å². The lowest BCUT2D eigenvalue weighted by Gasteiger charge is -2.11. The number of hydrogen-bond acceptors (Lipinski definition) is 3. The van der Waals surface area contributed by atoms with E-state index in [-0.39, 0.29) is 0 Å². The van der Waals surface area contributed by atoms with E-state index in [1.165, 1.54) is 21.8 Å². The topological polar surface area (TPSA) is 43.9 Å². The zero-order valence-electron chi connectivity index (χ0n) is 28.0. The molecule has 0 fully saturated rings. The molecular weight excluding hydrogens is 635 g/mol. The van der Waals surface area contributed by atoms with E-state index in [0.29, 0.717) is 5.82 Å². The van der Waals surface area contributed by atoms with Gasteiger partial charge >= 0.3 is 0 Å². The lowest BCUT2D eigenvalue weighted by atomic mass is 9.97. The normalized spacial score (nSPS) is 11.8. The lowest BCUT2D eigenvalue weighted by molar-refractivity contribution is 0.670. The van der Waals surface area contributed by atoms with Gasteiger partial charge in [-0.25, -0.2) is 9.97 Å². The molecule has 0 saturated carbocycles. The van der Waals surface area contributed by atoms with Gasteiger partial charge in [0.25, 0.3) is 0 Å². The molecule has 4 nitrogen and oxygen atoms in total.